The van der Waals surface area contributed by atoms with Gasteiger partial charge in [0, 0.05) is 38.3 Å². The van der Waals surface area contributed by atoms with E-state index in [4.69, 9.17) is 0 Å². The molecule has 6 nitrogen and oxygen atoms in total. The number of para-hydroxylation sites is 1. The SMILES string of the molecule is C[C@H](CN(C)c1ccccc1)NC(=O)CCCn1cncn1. The lowest BCUT2D eigenvalue weighted by atomic mass is 10.2. The van der Waals surface area contributed by atoms with Gasteiger partial charge in [0.2, 0.25) is 5.91 Å². The van der Waals surface area contributed by atoms with E-state index in [1.54, 1.807) is 11.0 Å². The van der Waals surface area contributed by atoms with Crippen molar-refractivity contribution in [2.24, 2.45) is 0 Å². The summed E-state index contributed by atoms with van der Waals surface area (Å²) in [4.78, 5) is 17.9. The maximum Gasteiger partial charge on any atom is 0.220 e. The normalized spacial score (nSPS) is 11.9. The average Bonchev–Trinajstić information content (AvgIpc) is 3.01. The van der Waals surface area contributed by atoms with Crippen molar-refractivity contribution in [2.45, 2.75) is 32.4 Å². The van der Waals surface area contributed by atoms with Crippen LogP contribution in [0.15, 0.2) is 43.0 Å². The Hall–Kier alpha value is -2.37. The quantitative estimate of drug-likeness (QED) is 0.806. The van der Waals surface area contributed by atoms with Gasteiger partial charge < -0.3 is 10.2 Å². The Morgan fingerprint density at radius 1 is 1.36 bits per heavy atom. The van der Waals surface area contributed by atoms with Crippen LogP contribution >= 0.6 is 0 Å². The minimum Gasteiger partial charge on any atom is -0.373 e. The highest BCUT2D eigenvalue weighted by molar-refractivity contribution is 5.76. The predicted octanol–water partition coefficient (Wildman–Crippen LogP) is 1.70. The molecule has 22 heavy (non-hydrogen) atoms. The van der Waals surface area contributed by atoms with E-state index in [2.05, 4.69) is 32.4 Å². The van der Waals surface area contributed by atoms with Gasteiger partial charge in [-0.05, 0) is 25.5 Å². The van der Waals surface area contributed by atoms with E-state index >= 15 is 0 Å². The summed E-state index contributed by atoms with van der Waals surface area (Å²) >= 11 is 0. The van der Waals surface area contributed by atoms with Gasteiger partial charge in [-0.3, -0.25) is 9.48 Å². The lowest BCUT2D eigenvalue weighted by Crippen LogP contribution is -2.40. The van der Waals surface area contributed by atoms with Gasteiger partial charge in [0.15, 0.2) is 0 Å². The first-order valence-corrected chi connectivity index (χ1v) is 7.53. The maximum absolute atomic E-state index is 11.9. The molecule has 1 amide bonds. The smallest absolute Gasteiger partial charge is 0.220 e. The summed E-state index contributed by atoms with van der Waals surface area (Å²) in [6.45, 7) is 3.51. The number of anilines is 1. The third-order valence-corrected chi connectivity index (χ3v) is 3.41. The number of nitrogens with zero attached hydrogens (tertiary/aromatic N) is 4. The van der Waals surface area contributed by atoms with Crippen molar-refractivity contribution in [1.82, 2.24) is 20.1 Å². The fourth-order valence-corrected chi connectivity index (χ4v) is 2.34. The average molecular weight is 301 g/mol. The molecule has 0 spiro atoms. The van der Waals surface area contributed by atoms with E-state index in [9.17, 15) is 4.79 Å². The number of carbonyl (C=O) groups is 1. The number of aryl methyl sites for hydroxylation is 1. The molecule has 1 heterocycles. The third-order valence-electron chi connectivity index (χ3n) is 3.41. The van der Waals surface area contributed by atoms with Gasteiger partial charge in [0.25, 0.3) is 0 Å². The van der Waals surface area contributed by atoms with Gasteiger partial charge in [-0.1, -0.05) is 18.2 Å². The van der Waals surface area contributed by atoms with E-state index in [1.165, 1.54) is 6.33 Å². The Labute approximate surface area is 131 Å². The van der Waals surface area contributed by atoms with Crippen LogP contribution in [0.1, 0.15) is 19.8 Å². The molecule has 2 aromatic rings. The number of carbonyl (C=O) groups excluding carboxylic acids is 1. The van der Waals surface area contributed by atoms with Gasteiger partial charge in [0.1, 0.15) is 12.7 Å². The molecule has 0 aliphatic heterocycles. The van der Waals surface area contributed by atoms with Crippen LogP contribution in [-0.4, -0.2) is 40.3 Å². The minimum atomic E-state index is 0.0778. The number of likely N-dealkylation sites (N-methyl/N-ethyl adjacent to an activating group) is 1. The van der Waals surface area contributed by atoms with Crippen molar-refractivity contribution in [1.29, 1.82) is 0 Å². The second kappa shape index (κ2) is 8.17. The van der Waals surface area contributed by atoms with Crippen LogP contribution in [0.2, 0.25) is 0 Å². The zero-order valence-electron chi connectivity index (χ0n) is 13.1. The van der Waals surface area contributed by atoms with Crippen molar-refractivity contribution in [3.63, 3.8) is 0 Å². The largest absolute Gasteiger partial charge is 0.373 e. The van der Waals surface area contributed by atoms with Gasteiger partial charge in [-0.2, -0.15) is 5.10 Å². The molecule has 0 bridgehead atoms. The fraction of sp³-hybridized carbons (Fsp3) is 0.438. The van der Waals surface area contributed by atoms with Crippen LogP contribution in [0.4, 0.5) is 5.69 Å². The number of hydrogen-bond donors (Lipinski definition) is 1. The monoisotopic (exact) mass is 301 g/mol. The summed E-state index contributed by atoms with van der Waals surface area (Å²) in [5, 5.41) is 7.05. The van der Waals surface area contributed by atoms with Crippen LogP contribution in [0.25, 0.3) is 0 Å². The molecule has 1 aromatic heterocycles. The molecule has 118 valence electrons. The first kappa shape index (κ1) is 16.0. The van der Waals surface area contributed by atoms with E-state index in [-0.39, 0.29) is 11.9 Å². The lowest BCUT2D eigenvalue weighted by Gasteiger charge is -2.24. The summed E-state index contributed by atoms with van der Waals surface area (Å²) in [7, 11) is 2.03. The molecular weight excluding hydrogens is 278 g/mol. The number of hydrogen-bond acceptors (Lipinski definition) is 4. The topological polar surface area (TPSA) is 63.1 Å². The Balaban J connectivity index is 1.67. The molecule has 6 heteroatoms. The Bertz CT molecular complexity index is 555. The summed E-state index contributed by atoms with van der Waals surface area (Å²) in [5.74, 6) is 0.0778. The predicted molar refractivity (Wildman–Crippen MR) is 86.6 cm³/mol. The number of nitrogens with one attached hydrogen (secondary N) is 1. The van der Waals surface area contributed by atoms with Gasteiger partial charge >= 0.3 is 0 Å². The summed E-state index contributed by atoms with van der Waals surface area (Å²) in [5.41, 5.74) is 1.15. The molecule has 0 radical (unpaired) electrons. The van der Waals surface area contributed by atoms with Crippen molar-refractivity contribution in [3.05, 3.63) is 43.0 Å². The highest BCUT2D eigenvalue weighted by Crippen LogP contribution is 2.11. The van der Waals surface area contributed by atoms with Gasteiger partial charge in [0.05, 0.1) is 0 Å². The second-order valence-corrected chi connectivity index (χ2v) is 5.45. The zero-order chi connectivity index (χ0) is 15.8. The maximum atomic E-state index is 11.9. The van der Waals surface area contributed by atoms with Gasteiger partial charge in [-0.25, -0.2) is 4.98 Å². The molecule has 0 saturated heterocycles. The van der Waals surface area contributed by atoms with Crippen molar-refractivity contribution < 1.29 is 4.79 Å². The Kier molecular flexibility index (Phi) is 5.94. The second-order valence-electron chi connectivity index (χ2n) is 5.45. The minimum absolute atomic E-state index is 0.0778. The van der Waals surface area contributed by atoms with Crippen LogP contribution in [0, 0.1) is 0 Å². The lowest BCUT2D eigenvalue weighted by molar-refractivity contribution is -0.121. The van der Waals surface area contributed by atoms with Crippen molar-refractivity contribution >= 4 is 11.6 Å². The van der Waals surface area contributed by atoms with Gasteiger partial charge in [-0.15, -0.1) is 0 Å². The van der Waals surface area contributed by atoms with Crippen LogP contribution in [0.5, 0.6) is 0 Å². The molecule has 1 N–H and O–H groups in total. The molecule has 0 aliphatic carbocycles. The molecule has 1 atom stereocenters. The molecule has 1 aromatic carbocycles. The van der Waals surface area contributed by atoms with Crippen molar-refractivity contribution in [3.8, 4) is 0 Å². The van der Waals surface area contributed by atoms with E-state index in [1.807, 2.05) is 32.2 Å². The third kappa shape index (κ3) is 5.20. The van der Waals surface area contributed by atoms with Crippen LogP contribution < -0.4 is 10.2 Å². The summed E-state index contributed by atoms with van der Waals surface area (Å²) in [6.07, 6.45) is 4.42. The Morgan fingerprint density at radius 3 is 2.82 bits per heavy atom. The molecule has 2 rings (SSSR count). The molecular formula is C16H23N5O. The zero-order valence-corrected chi connectivity index (χ0v) is 13.1. The van der Waals surface area contributed by atoms with Crippen molar-refractivity contribution in [2.75, 3.05) is 18.5 Å². The van der Waals surface area contributed by atoms with Crippen LogP contribution in [0.3, 0.4) is 0 Å². The first-order valence-electron chi connectivity index (χ1n) is 7.53. The van der Waals surface area contributed by atoms with E-state index in [0.29, 0.717) is 13.0 Å². The molecule has 0 aliphatic rings. The Morgan fingerprint density at radius 2 is 2.14 bits per heavy atom. The summed E-state index contributed by atoms with van der Waals surface area (Å²) < 4.78 is 1.74. The molecule has 0 fully saturated rings. The highest BCUT2D eigenvalue weighted by Gasteiger charge is 2.10. The first-order chi connectivity index (χ1) is 10.6. The number of benzene rings is 1. The number of aromatic nitrogens is 3. The molecule has 0 unspecified atom stereocenters. The van der Waals surface area contributed by atoms with E-state index < -0.39 is 0 Å². The summed E-state index contributed by atoms with van der Waals surface area (Å²) in [6, 6.07) is 10.2. The number of rotatable bonds is 8. The highest BCUT2D eigenvalue weighted by atomic mass is 16.1. The molecule has 0 saturated carbocycles. The standard InChI is InChI=1S/C16H23N5O/c1-14(11-20(2)15-7-4-3-5-8-15)19-16(22)9-6-10-21-13-17-12-18-21/h3-5,7-8,12-14H,6,9-11H2,1-2H3,(H,19,22)/t14-/m1/s1. The van der Waals surface area contributed by atoms with E-state index in [0.717, 1.165) is 18.7 Å². The fourth-order valence-electron chi connectivity index (χ4n) is 2.34. The number of amides is 1. The van der Waals surface area contributed by atoms with Crippen LogP contribution in [-0.2, 0) is 11.3 Å².